The van der Waals surface area contributed by atoms with Gasteiger partial charge in [-0.25, -0.2) is 8.78 Å². The van der Waals surface area contributed by atoms with Crippen LogP contribution in [0.3, 0.4) is 0 Å². The molecule has 0 spiro atoms. The van der Waals surface area contributed by atoms with Crippen LogP contribution in [0.2, 0.25) is 0 Å². The summed E-state index contributed by atoms with van der Waals surface area (Å²) in [5, 5.41) is 10.6. The van der Waals surface area contributed by atoms with Gasteiger partial charge in [0.25, 0.3) is 0 Å². The van der Waals surface area contributed by atoms with E-state index in [9.17, 15) is 8.78 Å². The first-order valence-corrected chi connectivity index (χ1v) is 10.5. The lowest BCUT2D eigenvalue weighted by atomic mass is 10.2. The monoisotopic (exact) mass is 548 g/mol. The van der Waals surface area contributed by atoms with E-state index in [1.807, 2.05) is 25.7 Å². The van der Waals surface area contributed by atoms with Crippen molar-refractivity contribution in [3.05, 3.63) is 41.5 Å². The summed E-state index contributed by atoms with van der Waals surface area (Å²) in [5.74, 6) is 1.26. The maximum atomic E-state index is 14.0. The molecule has 0 amide bonds. The number of rotatable bonds is 8. The topological polar surface area (TPSA) is 78.6 Å². The molecule has 172 valence electrons. The third-order valence-corrected chi connectivity index (χ3v) is 4.94. The van der Waals surface area contributed by atoms with E-state index in [1.54, 1.807) is 0 Å². The zero-order valence-corrected chi connectivity index (χ0v) is 20.5. The van der Waals surface area contributed by atoms with Crippen molar-refractivity contribution in [2.45, 2.75) is 52.0 Å². The predicted molar refractivity (Wildman–Crippen MR) is 128 cm³/mol. The zero-order chi connectivity index (χ0) is 21.5. The number of nitrogens with one attached hydrogen (secondary N) is 2. The van der Waals surface area contributed by atoms with Gasteiger partial charge in [0.15, 0.2) is 11.8 Å². The molecule has 1 unspecified atom stereocenters. The molecule has 0 radical (unpaired) electrons. The summed E-state index contributed by atoms with van der Waals surface area (Å²) < 4.78 is 32.5. The maximum absolute atomic E-state index is 14.0. The van der Waals surface area contributed by atoms with E-state index < -0.39 is 11.6 Å². The van der Waals surface area contributed by atoms with Gasteiger partial charge in [-0.15, -0.1) is 24.0 Å². The average molecular weight is 548 g/mol. The molecule has 7 nitrogen and oxygen atoms in total. The van der Waals surface area contributed by atoms with E-state index in [4.69, 9.17) is 4.52 Å². The summed E-state index contributed by atoms with van der Waals surface area (Å²) in [7, 11) is 0. The van der Waals surface area contributed by atoms with Gasteiger partial charge in [-0.05, 0) is 31.9 Å². The summed E-state index contributed by atoms with van der Waals surface area (Å²) in [5.41, 5.74) is 0.433. The fourth-order valence-corrected chi connectivity index (χ4v) is 3.37. The number of hydrogen-bond donors (Lipinski definition) is 2. The number of benzene rings is 1. The van der Waals surface area contributed by atoms with Crippen LogP contribution in [0.5, 0.6) is 0 Å². The summed E-state index contributed by atoms with van der Waals surface area (Å²) in [6.07, 6.45) is 2.33. The number of halogens is 3. The number of nitrogens with zero attached hydrogens (tertiary/aromatic N) is 4. The standard InChI is InChI=1S/C21H30F2N6O.HI/c1-4-24-21(25-10-5-6-19-27-20(14(2)3)28-30-19)26-16-9-11-29(13-16)18-8-7-15(22)12-17(18)23;/h7-8,12,14,16H,4-6,9-11,13H2,1-3H3,(H2,24,25,26);1H. The van der Waals surface area contributed by atoms with Crippen LogP contribution in [0.25, 0.3) is 0 Å². The molecule has 1 aliphatic heterocycles. The molecule has 2 aromatic rings. The molecule has 3 rings (SSSR count). The number of aromatic nitrogens is 2. The van der Waals surface area contributed by atoms with Gasteiger partial charge in [0.2, 0.25) is 5.89 Å². The van der Waals surface area contributed by atoms with Crippen molar-refractivity contribution < 1.29 is 13.3 Å². The Morgan fingerprint density at radius 2 is 2.16 bits per heavy atom. The molecule has 2 N–H and O–H groups in total. The average Bonchev–Trinajstić information content (AvgIpc) is 3.35. The summed E-state index contributed by atoms with van der Waals surface area (Å²) >= 11 is 0. The van der Waals surface area contributed by atoms with Gasteiger partial charge in [-0.1, -0.05) is 19.0 Å². The molecular weight excluding hydrogens is 517 g/mol. The van der Waals surface area contributed by atoms with E-state index >= 15 is 0 Å². The van der Waals surface area contributed by atoms with Crippen LogP contribution in [0.4, 0.5) is 14.5 Å². The van der Waals surface area contributed by atoms with Crippen molar-refractivity contribution in [1.82, 2.24) is 20.8 Å². The van der Waals surface area contributed by atoms with Crippen molar-refractivity contribution in [2.75, 3.05) is 31.1 Å². The van der Waals surface area contributed by atoms with Crippen molar-refractivity contribution >= 4 is 35.6 Å². The van der Waals surface area contributed by atoms with E-state index in [0.717, 1.165) is 37.2 Å². The van der Waals surface area contributed by atoms with Gasteiger partial charge in [0.05, 0.1) is 5.69 Å². The molecular formula is C21H31F2IN6O. The van der Waals surface area contributed by atoms with Gasteiger partial charge in [0.1, 0.15) is 11.6 Å². The quantitative estimate of drug-likeness (QED) is 0.226. The molecule has 2 heterocycles. The Hall–Kier alpha value is -1.98. The Morgan fingerprint density at radius 1 is 1.35 bits per heavy atom. The molecule has 0 saturated carbocycles. The first-order valence-electron chi connectivity index (χ1n) is 10.5. The molecule has 31 heavy (non-hydrogen) atoms. The van der Waals surface area contributed by atoms with Crippen molar-refractivity contribution in [2.24, 2.45) is 4.99 Å². The van der Waals surface area contributed by atoms with E-state index in [-0.39, 0.29) is 35.9 Å². The number of guanidine groups is 1. The minimum absolute atomic E-state index is 0. The second-order valence-corrected chi connectivity index (χ2v) is 7.74. The zero-order valence-electron chi connectivity index (χ0n) is 18.2. The second-order valence-electron chi connectivity index (χ2n) is 7.74. The van der Waals surface area contributed by atoms with Crippen molar-refractivity contribution in [3.8, 4) is 0 Å². The molecule has 0 aliphatic carbocycles. The highest BCUT2D eigenvalue weighted by molar-refractivity contribution is 14.0. The van der Waals surface area contributed by atoms with Crippen LogP contribution in [0, 0.1) is 11.6 Å². The fraction of sp³-hybridized carbons (Fsp3) is 0.571. The van der Waals surface area contributed by atoms with E-state index in [1.165, 1.54) is 12.1 Å². The Labute approximate surface area is 199 Å². The van der Waals surface area contributed by atoms with Crippen LogP contribution in [0.1, 0.15) is 51.2 Å². The molecule has 10 heteroatoms. The molecule has 0 bridgehead atoms. The third-order valence-electron chi connectivity index (χ3n) is 4.94. The summed E-state index contributed by atoms with van der Waals surface area (Å²) in [6, 6.07) is 3.85. The second kappa shape index (κ2) is 12.2. The van der Waals surface area contributed by atoms with Crippen LogP contribution >= 0.6 is 24.0 Å². The molecule has 1 saturated heterocycles. The Bertz CT molecular complexity index is 860. The molecule has 1 atom stereocenters. The lowest BCUT2D eigenvalue weighted by Crippen LogP contribution is -2.44. The van der Waals surface area contributed by atoms with E-state index in [0.29, 0.717) is 37.6 Å². The largest absolute Gasteiger partial charge is 0.367 e. The van der Waals surface area contributed by atoms with Crippen LogP contribution in [-0.4, -0.2) is 48.3 Å². The highest BCUT2D eigenvalue weighted by Gasteiger charge is 2.25. The number of anilines is 1. The lowest BCUT2D eigenvalue weighted by Gasteiger charge is -2.21. The fourth-order valence-electron chi connectivity index (χ4n) is 3.37. The van der Waals surface area contributed by atoms with Crippen molar-refractivity contribution in [1.29, 1.82) is 0 Å². The molecule has 1 fully saturated rings. The van der Waals surface area contributed by atoms with Crippen LogP contribution in [0.15, 0.2) is 27.7 Å². The SMILES string of the molecule is CCNC(=NCCCc1nc(C(C)C)no1)NC1CCN(c2ccc(F)cc2F)C1.I. The van der Waals surface area contributed by atoms with Gasteiger partial charge in [-0.2, -0.15) is 4.98 Å². The summed E-state index contributed by atoms with van der Waals surface area (Å²) in [6.45, 7) is 8.78. The van der Waals surface area contributed by atoms with Crippen LogP contribution in [-0.2, 0) is 6.42 Å². The molecule has 1 aromatic heterocycles. The Kier molecular flexibility index (Phi) is 9.92. The van der Waals surface area contributed by atoms with Gasteiger partial charge in [0, 0.05) is 50.6 Å². The lowest BCUT2D eigenvalue weighted by molar-refractivity contribution is 0.369. The normalized spacial score (nSPS) is 16.5. The maximum Gasteiger partial charge on any atom is 0.226 e. The Morgan fingerprint density at radius 3 is 2.84 bits per heavy atom. The molecule has 1 aliphatic rings. The summed E-state index contributed by atoms with van der Waals surface area (Å²) in [4.78, 5) is 10.9. The Balaban J connectivity index is 0.00000341. The number of hydrogen-bond acceptors (Lipinski definition) is 5. The highest BCUT2D eigenvalue weighted by Crippen LogP contribution is 2.24. The highest BCUT2D eigenvalue weighted by atomic mass is 127. The van der Waals surface area contributed by atoms with Gasteiger partial charge in [-0.3, -0.25) is 4.99 Å². The first-order chi connectivity index (χ1) is 14.5. The molecule has 1 aromatic carbocycles. The van der Waals surface area contributed by atoms with Crippen molar-refractivity contribution in [3.63, 3.8) is 0 Å². The van der Waals surface area contributed by atoms with Gasteiger partial charge < -0.3 is 20.1 Å². The first kappa shape index (κ1) is 25.3. The third kappa shape index (κ3) is 7.29. The number of aliphatic imine (C=N–C) groups is 1. The van der Waals surface area contributed by atoms with Gasteiger partial charge >= 0.3 is 0 Å². The minimum Gasteiger partial charge on any atom is -0.367 e. The number of aryl methyl sites for hydroxylation is 1. The minimum atomic E-state index is -0.562. The predicted octanol–water partition coefficient (Wildman–Crippen LogP) is 3.86. The van der Waals surface area contributed by atoms with Crippen LogP contribution < -0.4 is 15.5 Å². The van der Waals surface area contributed by atoms with E-state index in [2.05, 4.69) is 25.8 Å². The smallest absolute Gasteiger partial charge is 0.226 e.